The summed E-state index contributed by atoms with van der Waals surface area (Å²) in [6.07, 6.45) is 0.885. The monoisotopic (exact) mass is 353 g/mol. The van der Waals surface area contributed by atoms with Gasteiger partial charge >= 0.3 is 0 Å². The Balaban J connectivity index is 1.60. The maximum absolute atomic E-state index is 13.6. The fourth-order valence-corrected chi connectivity index (χ4v) is 3.74. The highest BCUT2D eigenvalue weighted by molar-refractivity contribution is 7.98. The maximum atomic E-state index is 13.6. The molecule has 0 bridgehead atoms. The van der Waals surface area contributed by atoms with Crippen molar-refractivity contribution in [3.63, 3.8) is 0 Å². The molecule has 2 rings (SSSR count). The van der Waals surface area contributed by atoms with Crippen molar-refractivity contribution in [2.45, 2.75) is 18.6 Å². The van der Waals surface area contributed by atoms with E-state index in [4.69, 9.17) is 4.74 Å². The van der Waals surface area contributed by atoms with Crippen LogP contribution in [0.15, 0.2) is 35.7 Å². The van der Waals surface area contributed by atoms with Gasteiger partial charge in [0.05, 0.1) is 7.11 Å². The second-order valence-electron chi connectivity index (χ2n) is 4.95. The van der Waals surface area contributed by atoms with E-state index in [1.54, 1.807) is 35.2 Å². The summed E-state index contributed by atoms with van der Waals surface area (Å²) >= 11 is 3.55. The van der Waals surface area contributed by atoms with Crippen molar-refractivity contribution < 1.29 is 13.9 Å². The van der Waals surface area contributed by atoms with Crippen molar-refractivity contribution in [1.29, 1.82) is 0 Å². The van der Waals surface area contributed by atoms with Gasteiger partial charge in [0.2, 0.25) is 5.91 Å². The third kappa shape index (κ3) is 6.23. The van der Waals surface area contributed by atoms with E-state index >= 15 is 0 Å². The van der Waals surface area contributed by atoms with E-state index in [0.717, 1.165) is 17.1 Å². The molecule has 3 nitrogen and oxygen atoms in total. The molecular weight excluding hydrogens is 333 g/mol. The zero-order valence-corrected chi connectivity index (χ0v) is 14.6. The molecule has 0 aliphatic heterocycles. The average Bonchev–Trinajstić information content (AvgIpc) is 3.06. The van der Waals surface area contributed by atoms with Crippen LogP contribution in [0.2, 0.25) is 0 Å². The van der Waals surface area contributed by atoms with Gasteiger partial charge in [-0.2, -0.15) is 11.8 Å². The number of rotatable bonds is 9. The van der Waals surface area contributed by atoms with Crippen LogP contribution in [0.25, 0.3) is 0 Å². The van der Waals surface area contributed by atoms with E-state index in [9.17, 15) is 9.18 Å². The minimum Gasteiger partial charge on any atom is -0.494 e. The van der Waals surface area contributed by atoms with Gasteiger partial charge in [-0.15, -0.1) is 11.3 Å². The van der Waals surface area contributed by atoms with Crippen molar-refractivity contribution in [2.75, 3.05) is 19.4 Å². The molecule has 124 valence electrons. The first-order chi connectivity index (χ1) is 11.2. The Labute approximate surface area is 144 Å². The molecule has 0 spiro atoms. The van der Waals surface area contributed by atoms with Crippen molar-refractivity contribution in [1.82, 2.24) is 5.32 Å². The molecule has 6 heteroatoms. The van der Waals surface area contributed by atoms with Gasteiger partial charge in [0, 0.05) is 29.3 Å². The Bertz CT molecular complexity index is 617. The number of carbonyl (C=O) groups is 1. The molecule has 1 aromatic carbocycles. The summed E-state index contributed by atoms with van der Waals surface area (Å²) in [6, 6.07) is 8.95. The van der Waals surface area contributed by atoms with Gasteiger partial charge in [-0.1, -0.05) is 12.1 Å². The molecular formula is C17H20FNO2S2. The van der Waals surface area contributed by atoms with Gasteiger partial charge in [-0.3, -0.25) is 4.79 Å². The summed E-state index contributed by atoms with van der Waals surface area (Å²) in [4.78, 5) is 13.1. The van der Waals surface area contributed by atoms with E-state index in [0.29, 0.717) is 19.4 Å². The van der Waals surface area contributed by atoms with Gasteiger partial charge < -0.3 is 10.1 Å². The van der Waals surface area contributed by atoms with Gasteiger partial charge in [0.25, 0.3) is 0 Å². The summed E-state index contributed by atoms with van der Waals surface area (Å²) in [7, 11) is 1.43. The number of aryl methyl sites for hydroxylation is 1. The lowest BCUT2D eigenvalue weighted by molar-refractivity contribution is -0.120. The molecule has 0 saturated carbocycles. The first kappa shape index (κ1) is 17.8. The van der Waals surface area contributed by atoms with Crippen LogP contribution in [-0.4, -0.2) is 25.3 Å². The summed E-state index contributed by atoms with van der Waals surface area (Å²) in [5.41, 5.74) is 0.797. The fraction of sp³-hybridized carbons (Fsp3) is 0.353. The predicted octanol–water partition coefficient (Wildman–Crippen LogP) is 3.88. The Morgan fingerprint density at radius 1 is 1.39 bits per heavy atom. The van der Waals surface area contributed by atoms with Gasteiger partial charge in [-0.25, -0.2) is 4.39 Å². The zero-order chi connectivity index (χ0) is 16.5. The lowest BCUT2D eigenvalue weighted by Gasteiger charge is -2.06. The number of thioether (sulfide) groups is 1. The SMILES string of the molecule is COc1ccc(CCC(=O)NCCSCc2cccs2)cc1F. The van der Waals surface area contributed by atoms with Crippen molar-refractivity contribution in [2.24, 2.45) is 0 Å². The quantitative estimate of drug-likeness (QED) is 0.695. The first-order valence-electron chi connectivity index (χ1n) is 7.38. The highest BCUT2D eigenvalue weighted by atomic mass is 32.2. The van der Waals surface area contributed by atoms with E-state index in [-0.39, 0.29) is 11.7 Å². The molecule has 0 fully saturated rings. The lowest BCUT2D eigenvalue weighted by atomic mass is 10.1. The van der Waals surface area contributed by atoms with Crippen LogP contribution in [0.4, 0.5) is 4.39 Å². The summed E-state index contributed by atoms with van der Waals surface area (Å²) in [5.74, 6) is 1.70. The largest absolute Gasteiger partial charge is 0.494 e. The van der Waals surface area contributed by atoms with Crippen molar-refractivity contribution >= 4 is 29.0 Å². The Morgan fingerprint density at radius 3 is 2.96 bits per heavy atom. The van der Waals surface area contributed by atoms with Crippen LogP contribution in [0.5, 0.6) is 5.75 Å². The molecule has 0 saturated heterocycles. The molecule has 2 aromatic rings. The molecule has 0 aliphatic rings. The van der Waals surface area contributed by atoms with Crippen LogP contribution >= 0.6 is 23.1 Å². The zero-order valence-electron chi connectivity index (χ0n) is 13.0. The number of carbonyl (C=O) groups excluding carboxylic acids is 1. The first-order valence-corrected chi connectivity index (χ1v) is 9.41. The number of hydrogen-bond donors (Lipinski definition) is 1. The molecule has 1 heterocycles. The minimum absolute atomic E-state index is 0.00190. The number of hydrogen-bond acceptors (Lipinski definition) is 4. The van der Waals surface area contributed by atoms with Gasteiger partial charge in [-0.05, 0) is 35.6 Å². The standard InChI is InChI=1S/C17H20FNO2S2/c1-21-16-6-4-13(11-15(16)18)5-7-17(20)19-8-10-22-12-14-3-2-9-23-14/h2-4,6,9,11H,5,7-8,10,12H2,1H3,(H,19,20). The van der Waals surface area contributed by atoms with Crippen LogP contribution < -0.4 is 10.1 Å². The molecule has 0 atom stereocenters. The number of amides is 1. The maximum Gasteiger partial charge on any atom is 0.220 e. The molecule has 0 aliphatic carbocycles. The Kier molecular flexibility index (Phi) is 7.42. The van der Waals surface area contributed by atoms with E-state index in [1.807, 2.05) is 6.07 Å². The lowest BCUT2D eigenvalue weighted by Crippen LogP contribution is -2.25. The molecule has 23 heavy (non-hydrogen) atoms. The van der Waals surface area contributed by atoms with E-state index in [1.165, 1.54) is 18.1 Å². The summed E-state index contributed by atoms with van der Waals surface area (Å²) < 4.78 is 18.4. The van der Waals surface area contributed by atoms with Crippen molar-refractivity contribution in [3.8, 4) is 5.75 Å². The van der Waals surface area contributed by atoms with Crippen LogP contribution in [0, 0.1) is 5.82 Å². The second kappa shape index (κ2) is 9.57. The minimum atomic E-state index is -0.393. The number of methoxy groups -OCH3 is 1. The fourth-order valence-electron chi connectivity index (χ4n) is 2.04. The number of ether oxygens (including phenoxy) is 1. The van der Waals surface area contributed by atoms with E-state index < -0.39 is 5.82 Å². The second-order valence-corrected chi connectivity index (χ2v) is 7.09. The molecule has 1 aromatic heterocycles. The number of nitrogens with one attached hydrogen (secondary N) is 1. The van der Waals surface area contributed by atoms with Gasteiger partial charge in [0.15, 0.2) is 11.6 Å². The molecule has 0 radical (unpaired) electrons. The summed E-state index contributed by atoms with van der Waals surface area (Å²) in [5, 5.41) is 4.96. The summed E-state index contributed by atoms with van der Waals surface area (Å²) in [6.45, 7) is 0.659. The van der Waals surface area contributed by atoms with Crippen LogP contribution in [0.3, 0.4) is 0 Å². The number of thiophene rings is 1. The van der Waals surface area contributed by atoms with Crippen molar-refractivity contribution in [3.05, 3.63) is 52.0 Å². The third-order valence-electron chi connectivity index (χ3n) is 3.25. The van der Waals surface area contributed by atoms with E-state index in [2.05, 4.69) is 16.8 Å². The van der Waals surface area contributed by atoms with Crippen LogP contribution in [0.1, 0.15) is 16.9 Å². The molecule has 0 unspecified atom stereocenters. The molecule has 1 amide bonds. The number of benzene rings is 1. The Morgan fingerprint density at radius 2 is 2.26 bits per heavy atom. The highest BCUT2D eigenvalue weighted by Crippen LogP contribution is 2.18. The highest BCUT2D eigenvalue weighted by Gasteiger charge is 2.06. The van der Waals surface area contributed by atoms with Gasteiger partial charge in [0.1, 0.15) is 0 Å². The number of halogens is 1. The average molecular weight is 353 g/mol. The topological polar surface area (TPSA) is 38.3 Å². The Hall–Kier alpha value is -1.53. The molecule has 1 N–H and O–H groups in total. The third-order valence-corrected chi connectivity index (χ3v) is 5.32. The smallest absolute Gasteiger partial charge is 0.220 e. The predicted molar refractivity (Wildman–Crippen MR) is 94.8 cm³/mol. The normalized spacial score (nSPS) is 10.5. The van der Waals surface area contributed by atoms with Crippen LogP contribution in [-0.2, 0) is 17.0 Å².